The van der Waals surface area contributed by atoms with Crippen LogP contribution in [-0.4, -0.2) is 116 Å². The van der Waals surface area contributed by atoms with Gasteiger partial charge in [-0.3, -0.25) is 43.6 Å². The van der Waals surface area contributed by atoms with Crippen molar-refractivity contribution in [2.45, 2.75) is 70.0 Å². The van der Waals surface area contributed by atoms with Gasteiger partial charge >= 0.3 is 6.03 Å². The highest BCUT2D eigenvalue weighted by molar-refractivity contribution is 6.25. The van der Waals surface area contributed by atoms with Crippen LogP contribution < -0.4 is 20.9 Å². The van der Waals surface area contributed by atoms with Crippen LogP contribution in [0.25, 0.3) is 11.1 Å². The second-order valence-corrected chi connectivity index (χ2v) is 16.1. The SMILES string of the molecule is CNC(=O)N1CCc2c(c(N3CCCc4cc(-c5cnn(C)c5)c(C(F)F)cc43)nn2C2CCN(C(=O)CNc3cccc4c3C(=O)N(C3CCC(=O)NC3=O)C4=O)CC2)C1. The van der Waals surface area contributed by atoms with Crippen LogP contribution in [0, 0.1) is 0 Å². The molecule has 2 fully saturated rings. The summed E-state index contributed by atoms with van der Waals surface area (Å²) in [6.07, 6.45) is 3.85. The second kappa shape index (κ2) is 15.7. The number of halogens is 2. The Morgan fingerprint density at radius 1 is 0.951 bits per heavy atom. The Hall–Kier alpha value is -6.66. The summed E-state index contributed by atoms with van der Waals surface area (Å²) in [7, 11) is 3.34. The first-order valence-electron chi connectivity index (χ1n) is 20.6. The first kappa shape index (κ1) is 39.8. The Morgan fingerprint density at radius 3 is 2.48 bits per heavy atom. The van der Waals surface area contributed by atoms with E-state index in [9.17, 15) is 37.5 Å². The number of carbonyl (C=O) groups excluding carboxylic acids is 6. The second-order valence-electron chi connectivity index (χ2n) is 16.1. The van der Waals surface area contributed by atoms with E-state index in [2.05, 4.69) is 21.0 Å². The predicted octanol–water partition coefficient (Wildman–Crippen LogP) is 3.68. The summed E-state index contributed by atoms with van der Waals surface area (Å²) in [5.74, 6) is -2.02. The van der Waals surface area contributed by atoms with Crippen molar-refractivity contribution in [2.75, 3.05) is 50.0 Å². The molecule has 2 saturated heterocycles. The van der Waals surface area contributed by atoms with E-state index in [4.69, 9.17) is 5.10 Å². The maximum absolute atomic E-state index is 14.7. The van der Waals surface area contributed by atoms with Crippen LogP contribution in [0.15, 0.2) is 42.7 Å². The van der Waals surface area contributed by atoms with Gasteiger partial charge in [-0.25, -0.2) is 13.6 Å². The summed E-state index contributed by atoms with van der Waals surface area (Å²) >= 11 is 0. The molecule has 0 aliphatic carbocycles. The molecule has 0 bridgehead atoms. The monoisotopic (exact) mass is 837 g/mol. The van der Waals surface area contributed by atoms with Crippen molar-refractivity contribution in [3.8, 4) is 11.1 Å². The molecule has 5 aliphatic heterocycles. The van der Waals surface area contributed by atoms with E-state index < -0.39 is 36.1 Å². The Kier molecular flexibility index (Phi) is 10.3. The van der Waals surface area contributed by atoms with Crippen LogP contribution in [0.4, 0.5) is 30.8 Å². The molecule has 5 aliphatic rings. The maximum Gasteiger partial charge on any atom is 0.317 e. The smallest absolute Gasteiger partial charge is 0.317 e. The molecule has 0 radical (unpaired) electrons. The zero-order valence-corrected chi connectivity index (χ0v) is 33.7. The number of benzene rings is 2. The quantitative estimate of drug-likeness (QED) is 0.221. The summed E-state index contributed by atoms with van der Waals surface area (Å²) in [6, 6.07) is 6.74. The number of urea groups is 1. The number of likely N-dealkylation sites (tertiary alicyclic amines) is 1. The average molecular weight is 838 g/mol. The van der Waals surface area contributed by atoms with Crippen molar-refractivity contribution < 1.29 is 37.5 Å². The fraction of sp³-hybridized carbons (Fsp3) is 0.429. The summed E-state index contributed by atoms with van der Waals surface area (Å²) in [4.78, 5) is 84.0. The molecule has 1 atom stereocenters. The molecule has 9 rings (SSSR count). The van der Waals surface area contributed by atoms with Gasteiger partial charge in [0.2, 0.25) is 17.7 Å². The summed E-state index contributed by atoms with van der Waals surface area (Å²) < 4.78 is 33.1. The first-order chi connectivity index (χ1) is 29.4. The highest BCUT2D eigenvalue weighted by Crippen LogP contribution is 2.44. The lowest BCUT2D eigenvalue weighted by molar-refractivity contribution is -0.136. The molecule has 3 N–H and O–H groups in total. The Labute approximate surface area is 349 Å². The number of nitrogens with zero attached hydrogens (tertiary/aromatic N) is 8. The number of piperidine rings is 2. The third-order valence-corrected chi connectivity index (χ3v) is 12.5. The number of hydrogen-bond donors (Lipinski definition) is 3. The van der Waals surface area contributed by atoms with E-state index in [0.717, 1.165) is 28.1 Å². The van der Waals surface area contributed by atoms with Crippen molar-refractivity contribution in [1.29, 1.82) is 0 Å². The Balaban J connectivity index is 0.928. The minimum Gasteiger partial charge on any atom is -0.375 e. The number of amides is 7. The lowest BCUT2D eigenvalue weighted by Crippen LogP contribution is -2.54. The number of anilines is 3. The highest BCUT2D eigenvalue weighted by atomic mass is 19.3. The molecule has 19 heteroatoms. The number of alkyl halides is 2. The van der Waals surface area contributed by atoms with Gasteiger partial charge in [-0.1, -0.05) is 6.07 Å². The van der Waals surface area contributed by atoms with Gasteiger partial charge in [0.25, 0.3) is 18.2 Å². The van der Waals surface area contributed by atoms with E-state index in [1.807, 2.05) is 15.6 Å². The Morgan fingerprint density at radius 2 is 1.75 bits per heavy atom. The third-order valence-electron chi connectivity index (χ3n) is 12.5. The number of rotatable bonds is 8. The van der Waals surface area contributed by atoms with Crippen LogP contribution in [0.3, 0.4) is 0 Å². The van der Waals surface area contributed by atoms with Gasteiger partial charge in [-0.15, -0.1) is 0 Å². The number of nitrogens with one attached hydrogen (secondary N) is 3. The van der Waals surface area contributed by atoms with Gasteiger partial charge in [0.05, 0.1) is 36.5 Å². The van der Waals surface area contributed by atoms with Gasteiger partial charge in [-0.05, 0) is 67.5 Å². The number of hydrogen-bond acceptors (Lipinski definition) is 10. The lowest BCUT2D eigenvalue weighted by atomic mass is 9.92. The topological polar surface area (TPSA) is 187 Å². The van der Waals surface area contributed by atoms with Gasteiger partial charge in [0.15, 0.2) is 5.82 Å². The molecule has 17 nitrogen and oxygen atoms in total. The molecule has 318 valence electrons. The molecule has 61 heavy (non-hydrogen) atoms. The molecular formula is C42H45F2N11O6. The molecule has 7 amide bonds. The highest BCUT2D eigenvalue weighted by Gasteiger charge is 2.46. The van der Waals surface area contributed by atoms with Gasteiger partial charge in [0.1, 0.15) is 6.04 Å². The largest absolute Gasteiger partial charge is 0.375 e. The normalized spacial score (nSPS) is 19.3. The van der Waals surface area contributed by atoms with Crippen LogP contribution in [0.1, 0.15) is 87.7 Å². The summed E-state index contributed by atoms with van der Waals surface area (Å²) in [6.45, 7) is 2.05. The molecule has 0 spiro atoms. The minimum atomic E-state index is -2.72. The number of carbonyl (C=O) groups is 6. The van der Waals surface area contributed by atoms with Gasteiger partial charge in [0, 0.05) is 93.1 Å². The minimum absolute atomic E-state index is 0.00635. The van der Waals surface area contributed by atoms with E-state index in [1.165, 1.54) is 6.07 Å². The van der Waals surface area contributed by atoms with Gasteiger partial charge in [-0.2, -0.15) is 10.2 Å². The van der Waals surface area contributed by atoms with Crippen molar-refractivity contribution >= 4 is 52.8 Å². The molecule has 7 heterocycles. The van der Waals surface area contributed by atoms with Crippen LogP contribution in [-0.2, 0) is 40.8 Å². The van der Waals surface area contributed by atoms with Crippen LogP contribution >= 0.6 is 0 Å². The standard InChI is InChI=1S/C42H45F2N11O6/c1-45-42(61)52-16-12-31-29(22-52)38(53-13-4-5-23-17-27(24-19-47-50(2)21-24)28(37(43)44)18-33(23)53)49-55(31)25-10-14-51(15-11-25)35(57)20-46-30-7-3-6-26-36(30)41(60)54(40(26)59)32-8-9-34(56)48-39(32)58/h3,6-7,17-19,21,25,32,37,46H,4-5,8-16,20,22H2,1-2H3,(H,45,61)(H,48,56,58). The molecule has 1 unspecified atom stereocenters. The Bertz CT molecular complexity index is 2490. The maximum atomic E-state index is 14.7. The van der Waals surface area contributed by atoms with E-state index in [0.29, 0.717) is 86.7 Å². The number of fused-ring (bicyclic) bond motifs is 3. The molecule has 2 aromatic carbocycles. The number of aryl methyl sites for hydroxylation is 2. The fourth-order valence-electron chi connectivity index (χ4n) is 9.44. The number of aromatic nitrogens is 4. The van der Waals surface area contributed by atoms with Crippen molar-refractivity contribution in [3.63, 3.8) is 0 Å². The van der Waals surface area contributed by atoms with Crippen LogP contribution in [0.5, 0.6) is 0 Å². The van der Waals surface area contributed by atoms with Crippen molar-refractivity contribution in [1.82, 2.24) is 44.9 Å². The predicted molar refractivity (Wildman–Crippen MR) is 216 cm³/mol. The summed E-state index contributed by atoms with van der Waals surface area (Å²) in [5.41, 5.74) is 4.93. The lowest BCUT2D eigenvalue weighted by Gasteiger charge is -2.34. The fourth-order valence-corrected chi connectivity index (χ4v) is 9.44. The summed E-state index contributed by atoms with van der Waals surface area (Å²) in [5, 5.41) is 17.4. The third kappa shape index (κ3) is 7.04. The molecule has 4 aromatic rings. The van der Waals surface area contributed by atoms with Gasteiger partial charge < -0.3 is 25.3 Å². The van der Waals surface area contributed by atoms with E-state index in [1.54, 1.807) is 59.2 Å². The van der Waals surface area contributed by atoms with Crippen molar-refractivity contribution in [3.05, 3.63) is 76.2 Å². The average Bonchev–Trinajstić information content (AvgIpc) is 3.95. The molecule has 0 saturated carbocycles. The van der Waals surface area contributed by atoms with E-state index >= 15 is 0 Å². The zero-order chi connectivity index (χ0) is 42.7. The van der Waals surface area contributed by atoms with Crippen LogP contribution in [0.2, 0.25) is 0 Å². The molecule has 2 aromatic heterocycles. The van der Waals surface area contributed by atoms with E-state index in [-0.39, 0.29) is 54.1 Å². The zero-order valence-electron chi connectivity index (χ0n) is 33.7. The molecular weight excluding hydrogens is 793 g/mol. The first-order valence-corrected chi connectivity index (χ1v) is 20.6. The van der Waals surface area contributed by atoms with Crippen molar-refractivity contribution in [2.24, 2.45) is 7.05 Å². The number of imide groups is 2.